The second kappa shape index (κ2) is 11.2. The third-order valence-corrected chi connectivity index (χ3v) is 4.71. The summed E-state index contributed by atoms with van der Waals surface area (Å²) in [6.07, 6.45) is 0. The van der Waals surface area contributed by atoms with Crippen molar-refractivity contribution in [3.8, 4) is 11.5 Å². The molecule has 0 aliphatic heterocycles. The molecule has 0 spiro atoms. The zero-order valence-electron chi connectivity index (χ0n) is 17.8. The van der Waals surface area contributed by atoms with Gasteiger partial charge in [0, 0.05) is 5.56 Å². The van der Waals surface area contributed by atoms with Crippen molar-refractivity contribution >= 4 is 29.3 Å². The van der Waals surface area contributed by atoms with Crippen LogP contribution >= 0.6 is 11.6 Å². The van der Waals surface area contributed by atoms with Gasteiger partial charge in [-0.1, -0.05) is 37.6 Å². The van der Waals surface area contributed by atoms with E-state index in [1.807, 2.05) is 6.92 Å². The Hall–Kier alpha value is -3.26. The third kappa shape index (κ3) is 6.36. The number of amides is 3. The van der Waals surface area contributed by atoms with Gasteiger partial charge >= 0.3 is 0 Å². The van der Waals surface area contributed by atoms with E-state index in [4.69, 9.17) is 21.1 Å². The lowest BCUT2D eigenvalue weighted by Crippen LogP contribution is -2.54. The summed E-state index contributed by atoms with van der Waals surface area (Å²) in [5, 5.41) is 2.93. The molecule has 3 amide bonds. The summed E-state index contributed by atoms with van der Waals surface area (Å²) in [6.45, 7) is 5.84. The standard InChI is InChI=1S/C22H26ClN3O5/c1-5-31-17-11-10-14(12-18(17)30-4)20(27)25-26-22(29)19(13(2)3)24-21(28)15-8-6-7-9-16(15)23/h6-13,19H,5H2,1-4H3,(H,24,28)(H,25,27)(H,26,29)/t19-/m0/s1. The molecule has 3 N–H and O–H groups in total. The maximum Gasteiger partial charge on any atom is 0.269 e. The Morgan fingerprint density at radius 1 is 1.00 bits per heavy atom. The van der Waals surface area contributed by atoms with Crippen LogP contribution in [0.2, 0.25) is 5.02 Å². The minimum atomic E-state index is -0.890. The van der Waals surface area contributed by atoms with E-state index in [1.54, 1.807) is 50.2 Å². The van der Waals surface area contributed by atoms with Gasteiger partial charge in [-0.3, -0.25) is 25.2 Å². The molecule has 166 valence electrons. The van der Waals surface area contributed by atoms with E-state index in [0.717, 1.165) is 0 Å². The van der Waals surface area contributed by atoms with E-state index >= 15 is 0 Å². The number of ether oxygens (including phenoxy) is 2. The average molecular weight is 448 g/mol. The molecule has 2 aromatic carbocycles. The van der Waals surface area contributed by atoms with E-state index in [0.29, 0.717) is 18.1 Å². The summed E-state index contributed by atoms with van der Waals surface area (Å²) in [5.74, 6) is -0.937. The number of methoxy groups -OCH3 is 1. The summed E-state index contributed by atoms with van der Waals surface area (Å²) < 4.78 is 10.7. The molecular formula is C22H26ClN3O5. The van der Waals surface area contributed by atoms with Gasteiger partial charge in [-0.05, 0) is 43.2 Å². The van der Waals surface area contributed by atoms with E-state index in [-0.39, 0.29) is 22.1 Å². The monoisotopic (exact) mass is 447 g/mol. The van der Waals surface area contributed by atoms with Crippen molar-refractivity contribution < 1.29 is 23.9 Å². The van der Waals surface area contributed by atoms with Crippen LogP contribution in [0.4, 0.5) is 0 Å². The Morgan fingerprint density at radius 3 is 2.32 bits per heavy atom. The first-order chi connectivity index (χ1) is 14.8. The highest BCUT2D eigenvalue weighted by Gasteiger charge is 2.26. The second-order valence-electron chi connectivity index (χ2n) is 6.92. The molecule has 0 bridgehead atoms. The first-order valence-corrected chi connectivity index (χ1v) is 10.1. The quantitative estimate of drug-likeness (QED) is 0.539. The lowest BCUT2D eigenvalue weighted by molar-refractivity contribution is -0.124. The lowest BCUT2D eigenvalue weighted by Gasteiger charge is -2.22. The molecule has 8 nitrogen and oxygen atoms in total. The highest BCUT2D eigenvalue weighted by atomic mass is 35.5. The number of benzene rings is 2. The van der Waals surface area contributed by atoms with Gasteiger partial charge in [0.2, 0.25) is 0 Å². The Bertz CT molecular complexity index is 948. The summed E-state index contributed by atoms with van der Waals surface area (Å²) in [6, 6.07) is 10.3. The fourth-order valence-corrected chi connectivity index (χ4v) is 2.97. The Balaban J connectivity index is 2.04. The zero-order chi connectivity index (χ0) is 23.0. The molecule has 0 saturated heterocycles. The largest absolute Gasteiger partial charge is 0.493 e. The summed E-state index contributed by atoms with van der Waals surface area (Å²) in [7, 11) is 1.47. The number of hydrogen-bond donors (Lipinski definition) is 3. The maximum absolute atomic E-state index is 12.6. The molecule has 1 atom stereocenters. The number of nitrogens with one attached hydrogen (secondary N) is 3. The minimum absolute atomic E-state index is 0.242. The highest BCUT2D eigenvalue weighted by Crippen LogP contribution is 2.27. The van der Waals surface area contributed by atoms with Gasteiger partial charge in [0.1, 0.15) is 6.04 Å². The predicted octanol–water partition coefficient (Wildman–Crippen LogP) is 2.96. The van der Waals surface area contributed by atoms with Crippen LogP contribution in [0.3, 0.4) is 0 Å². The van der Waals surface area contributed by atoms with Crippen molar-refractivity contribution in [3.05, 3.63) is 58.6 Å². The topological polar surface area (TPSA) is 106 Å². The first kappa shape index (κ1) is 24.0. The predicted molar refractivity (Wildman–Crippen MR) is 117 cm³/mol. The summed E-state index contributed by atoms with van der Waals surface area (Å²) in [5.41, 5.74) is 5.22. The van der Waals surface area contributed by atoms with E-state index in [1.165, 1.54) is 13.2 Å². The van der Waals surface area contributed by atoms with Crippen molar-refractivity contribution in [2.24, 2.45) is 5.92 Å². The Labute approximate surface area is 186 Å². The second-order valence-corrected chi connectivity index (χ2v) is 7.32. The number of hydrazine groups is 1. The fraction of sp³-hybridized carbons (Fsp3) is 0.318. The molecule has 0 radical (unpaired) electrons. The van der Waals surface area contributed by atoms with Crippen LogP contribution in [0.25, 0.3) is 0 Å². The summed E-state index contributed by atoms with van der Waals surface area (Å²) in [4.78, 5) is 37.6. The summed E-state index contributed by atoms with van der Waals surface area (Å²) >= 11 is 6.05. The van der Waals surface area contributed by atoms with Crippen LogP contribution < -0.4 is 25.6 Å². The van der Waals surface area contributed by atoms with E-state index < -0.39 is 23.8 Å². The highest BCUT2D eigenvalue weighted by molar-refractivity contribution is 6.33. The average Bonchev–Trinajstić information content (AvgIpc) is 2.75. The van der Waals surface area contributed by atoms with Crippen LogP contribution in [-0.4, -0.2) is 37.5 Å². The van der Waals surface area contributed by atoms with Crippen molar-refractivity contribution in [2.45, 2.75) is 26.8 Å². The fourth-order valence-electron chi connectivity index (χ4n) is 2.75. The number of hydrogen-bond acceptors (Lipinski definition) is 5. The van der Waals surface area contributed by atoms with E-state index in [2.05, 4.69) is 16.2 Å². The molecule has 0 heterocycles. The molecule has 0 aliphatic carbocycles. The van der Waals surface area contributed by atoms with Gasteiger partial charge in [0.25, 0.3) is 17.7 Å². The Kier molecular flexibility index (Phi) is 8.69. The molecule has 31 heavy (non-hydrogen) atoms. The first-order valence-electron chi connectivity index (χ1n) is 9.74. The van der Waals surface area contributed by atoms with Crippen molar-refractivity contribution in [2.75, 3.05) is 13.7 Å². The van der Waals surface area contributed by atoms with Crippen LogP contribution in [0.15, 0.2) is 42.5 Å². The number of carbonyl (C=O) groups is 3. The molecule has 0 saturated carbocycles. The van der Waals surface area contributed by atoms with Crippen LogP contribution in [-0.2, 0) is 4.79 Å². The van der Waals surface area contributed by atoms with Crippen molar-refractivity contribution in [3.63, 3.8) is 0 Å². The molecule has 9 heteroatoms. The Morgan fingerprint density at radius 2 is 1.71 bits per heavy atom. The van der Waals surface area contributed by atoms with E-state index in [9.17, 15) is 14.4 Å². The van der Waals surface area contributed by atoms with Gasteiger partial charge in [0.05, 0.1) is 24.3 Å². The molecule has 0 aliphatic rings. The van der Waals surface area contributed by atoms with Crippen LogP contribution in [0.1, 0.15) is 41.5 Å². The molecule has 0 unspecified atom stereocenters. The van der Waals surface area contributed by atoms with Crippen LogP contribution in [0.5, 0.6) is 11.5 Å². The number of rotatable bonds is 8. The van der Waals surface area contributed by atoms with Gasteiger partial charge in [-0.2, -0.15) is 0 Å². The molecule has 2 aromatic rings. The SMILES string of the molecule is CCOc1ccc(C(=O)NNC(=O)[C@@H](NC(=O)c2ccccc2Cl)C(C)C)cc1OC. The molecule has 0 aromatic heterocycles. The van der Waals surface area contributed by atoms with Gasteiger partial charge in [-0.25, -0.2) is 0 Å². The van der Waals surface area contributed by atoms with Gasteiger partial charge in [-0.15, -0.1) is 0 Å². The lowest BCUT2D eigenvalue weighted by atomic mass is 10.0. The number of carbonyl (C=O) groups excluding carboxylic acids is 3. The zero-order valence-corrected chi connectivity index (χ0v) is 18.6. The normalized spacial score (nSPS) is 11.4. The van der Waals surface area contributed by atoms with Crippen molar-refractivity contribution in [1.29, 1.82) is 0 Å². The maximum atomic E-state index is 12.6. The number of halogens is 1. The van der Waals surface area contributed by atoms with Crippen LogP contribution in [0, 0.1) is 5.92 Å². The van der Waals surface area contributed by atoms with Crippen molar-refractivity contribution in [1.82, 2.24) is 16.2 Å². The third-order valence-electron chi connectivity index (χ3n) is 4.38. The molecule has 2 rings (SSSR count). The molecule has 0 fully saturated rings. The smallest absolute Gasteiger partial charge is 0.269 e. The van der Waals surface area contributed by atoms with Gasteiger partial charge in [0.15, 0.2) is 11.5 Å². The minimum Gasteiger partial charge on any atom is -0.493 e. The molecular weight excluding hydrogens is 422 g/mol. The van der Waals surface area contributed by atoms with Gasteiger partial charge < -0.3 is 14.8 Å².